The third-order valence-electron chi connectivity index (χ3n) is 5.04. The molecule has 2 aromatic rings. The van der Waals surface area contributed by atoms with Crippen molar-refractivity contribution in [2.75, 3.05) is 32.8 Å². The van der Waals surface area contributed by atoms with Gasteiger partial charge in [-0.2, -0.15) is 18.3 Å². The van der Waals surface area contributed by atoms with E-state index < -0.39 is 34.2 Å². The number of carbonyl (C=O) groups excluding carboxylic acids is 1. The van der Waals surface area contributed by atoms with Crippen molar-refractivity contribution in [3.63, 3.8) is 0 Å². The lowest BCUT2D eigenvalue weighted by molar-refractivity contribution is -0.389. The van der Waals surface area contributed by atoms with E-state index in [9.17, 15) is 33.2 Å². The first-order chi connectivity index (χ1) is 16.3. The second kappa shape index (κ2) is 10.5. The van der Waals surface area contributed by atoms with Crippen molar-refractivity contribution in [1.82, 2.24) is 19.5 Å². The fraction of sp³-hybridized carbons (Fsp3) is 0.450. The normalized spacial score (nSPS) is 16.4. The number of halogens is 4. The van der Waals surface area contributed by atoms with E-state index >= 15 is 0 Å². The van der Waals surface area contributed by atoms with E-state index in [2.05, 4.69) is 10.1 Å². The van der Waals surface area contributed by atoms with E-state index in [0.717, 1.165) is 18.3 Å². The van der Waals surface area contributed by atoms with Crippen LogP contribution in [0.2, 0.25) is 5.28 Å². The number of ether oxygens (including phenoxy) is 1. The van der Waals surface area contributed by atoms with E-state index in [1.807, 2.05) is 0 Å². The van der Waals surface area contributed by atoms with Gasteiger partial charge in [0, 0.05) is 13.1 Å². The summed E-state index contributed by atoms with van der Waals surface area (Å²) in [5.74, 6) is -0.471. The van der Waals surface area contributed by atoms with Crippen molar-refractivity contribution in [1.29, 1.82) is 0 Å². The van der Waals surface area contributed by atoms with Crippen molar-refractivity contribution in [2.24, 2.45) is 5.10 Å². The monoisotopic (exact) mass is 518 g/mol. The minimum atomic E-state index is -4.40. The topological polar surface area (TPSA) is 126 Å². The Labute approximate surface area is 202 Å². The van der Waals surface area contributed by atoms with Crippen molar-refractivity contribution in [3.8, 4) is 0 Å². The molecule has 15 heteroatoms. The highest BCUT2D eigenvalue weighted by molar-refractivity contribution is 6.28. The van der Waals surface area contributed by atoms with Crippen LogP contribution in [0.1, 0.15) is 18.1 Å². The smallest absolute Gasteiger partial charge is 0.416 e. The number of aromatic nitrogens is 2. The number of hydrazone groups is 1. The summed E-state index contributed by atoms with van der Waals surface area (Å²) in [5.41, 5.74) is -1.80. The molecule has 0 aliphatic carbocycles. The molecule has 1 aliphatic heterocycles. The Hall–Kier alpha value is -3.39. The molecule has 190 valence electrons. The molecule has 1 amide bonds. The number of carbonyl (C=O) groups is 1. The van der Waals surface area contributed by atoms with Crippen molar-refractivity contribution >= 4 is 29.7 Å². The number of hydrogen-bond donors (Lipinski definition) is 1. The van der Waals surface area contributed by atoms with E-state index in [1.54, 1.807) is 5.01 Å². The van der Waals surface area contributed by atoms with Crippen LogP contribution in [0.4, 0.5) is 23.8 Å². The van der Waals surface area contributed by atoms with Gasteiger partial charge >= 0.3 is 23.4 Å². The minimum Gasteiger partial charge on any atom is -0.446 e. The molecule has 0 unspecified atom stereocenters. The summed E-state index contributed by atoms with van der Waals surface area (Å²) >= 11 is 5.84. The molecule has 3 rings (SSSR count). The van der Waals surface area contributed by atoms with Gasteiger partial charge in [0.15, 0.2) is 0 Å². The van der Waals surface area contributed by atoms with Crippen molar-refractivity contribution < 1.29 is 32.7 Å². The van der Waals surface area contributed by atoms with Crippen molar-refractivity contribution in [2.45, 2.75) is 25.2 Å². The number of piperazine rings is 1. The van der Waals surface area contributed by atoms with Crippen LogP contribution in [-0.2, 0) is 17.5 Å². The maximum absolute atomic E-state index is 12.6. The average molecular weight is 519 g/mol. The third kappa shape index (κ3) is 7.29. The standard InChI is InChI=1S/C20H22ClF3N6O5/c1-19(32,12-28-11-16(30(33)34)26-17(28)21)13-35-18(31)27-6-8-29(9-7-27)25-10-14-2-4-15(5-3-14)20(22,23)24/h2-5,10-11,32H,6-9,12-13H2,1H3/b25-10+/t19-/m1/s1. The van der Waals surface area contributed by atoms with Gasteiger partial charge in [-0.15, -0.1) is 0 Å². The Balaban J connectivity index is 1.45. The minimum absolute atomic E-state index is 0.184. The molecule has 1 aromatic carbocycles. The highest BCUT2D eigenvalue weighted by atomic mass is 35.5. The van der Waals surface area contributed by atoms with Crippen LogP contribution in [0.15, 0.2) is 35.6 Å². The first-order valence-corrected chi connectivity index (χ1v) is 10.7. The zero-order valence-electron chi connectivity index (χ0n) is 18.5. The summed E-state index contributed by atoms with van der Waals surface area (Å²) in [7, 11) is 0. The molecular weight excluding hydrogens is 497 g/mol. The number of benzene rings is 1. The highest BCUT2D eigenvalue weighted by Crippen LogP contribution is 2.29. The second-order valence-corrected chi connectivity index (χ2v) is 8.45. The van der Waals surface area contributed by atoms with Crippen LogP contribution in [0, 0.1) is 10.1 Å². The van der Waals surface area contributed by atoms with E-state index in [0.29, 0.717) is 18.7 Å². The molecule has 0 spiro atoms. The van der Waals surface area contributed by atoms with Gasteiger partial charge in [-0.05, 0) is 46.1 Å². The van der Waals surface area contributed by atoms with Crippen LogP contribution in [0.3, 0.4) is 0 Å². The number of hydrogen-bond acceptors (Lipinski definition) is 8. The second-order valence-electron chi connectivity index (χ2n) is 8.11. The summed E-state index contributed by atoms with van der Waals surface area (Å²) in [6, 6.07) is 4.60. The number of aliphatic hydroxyl groups is 1. The van der Waals surface area contributed by atoms with Gasteiger partial charge < -0.3 is 24.9 Å². The molecule has 1 aromatic heterocycles. The third-order valence-corrected chi connectivity index (χ3v) is 5.34. The van der Waals surface area contributed by atoms with Gasteiger partial charge in [0.25, 0.3) is 0 Å². The van der Waals surface area contributed by atoms with Crippen LogP contribution in [-0.4, -0.2) is 80.2 Å². The van der Waals surface area contributed by atoms with Gasteiger partial charge in [0.1, 0.15) is 18.4 Å². The Morgan fingerprint density at radius 2 is 1.91 bits per heavy atom. The summed E-state index contributed by atoms with van der Waals surface area (Å²) in [5, 5.41) is 27.0. The molecule has 1 saturated heterocycles. The lowest BCUT2D eigenvalue weighted by Crippen LogP contribution is -2.48. The van der Waals surface area contributed by atoms with Crippen LogP contribution < -0.4 is 0 Å². The maximum atomic E-state index is 12.6. The Morgan fingerprint density at radius 1 is 1.29 bits per heavy atom. The average Bonchev–Trinajstić information content (AvgIpc) is 3.16. The Bertz CT molecular complexity index is 1080. The molecule has 2 heterocycles. The van der Waals surface area contributed by atoms with Gasteiger partial charge in [-0.3, -0.25) is 9.58 Å². The van der Waals surface area contributed by atoms with E-state index in [4.69, 9.17) is 16.3 Å². The Kier molecular flexibility index (Phi) is 7.85. The van der Waals surface area contributed by atoms with Crippen LogP contribution >= 0.6 is 11.6 Å². The fourth-order valence-corrected chi connectivity index (χ4v) is 3.40. The van der Waals surface area contributed by atoms with Gasteiger partial charge in [0.2, 0.25) is 0 Å². The quantitative estimate of drug-likeness (QED) is 0.339. The number of nitrogens with zero attached hydrogens (tertiary/aromatic N) is 6. The van der Waals surface area contributed by atoms with Crippen LogP contribution in [0.25, 0.3) is 0 Å². The van der Waals surface area contributed by atoms with E-state index in [1.165, 1.54) is 34.7 Å². The predicted octanol–water partition coefficient (Wildman–Crippen LogP) is 3.00. The van der Waals surface area contributed by atoms with Gasteiger partial charge in [-0.25, -0.2) is 4.79 Å². The van der Waals surface area contributed by atoms with Gasteiger partial charge in [-0.1, -0.05) is 12.1 Å². The zero-order chi connectivity index (χ0) is 25.8. The lowest BCUT2D eigenvalue weighted by Gasteiger charge is -2.33. The summed E-state index contributed by atoms with van der Waals surface area (Å²) in [6.07, 6.45) is -2.54. The number of alkyl halides is 3. The highest BCUT2D eigenvalue weighted by Gasteiger charge is 2.31. The largest absolute Gasteiger partial charge is 0.446 e. The van der Waals surface area contributed by atoms with Gasteiger partial charge in [0.05, 0.1) is 31.4 Å². The predicted molar refractivity (Wildman–Crippen MR) is 118 cm³/mol. The molecule has 1 atom stereocenters. The number of imidazole rings is 1. The molecule has 0 bridgehead atoms. The Morgan fingerprint density at radius 3 is 2.46 bits per heavy atom. The van der Waals surface area contributed by atoms with E-state index in [-0.39, 0.29) is 31.5 Å². The zero-order valence-corrected chi connectivity index (χ0v) is 19.2. The molecule has 0 radical (unpaired) electrons. The molecule has 11 nitrogen and oxygen atoms in total. The summed E-state index contributed by atoms with van der Waals surface area (Å²) in [6.45, 7) is 2.12. The number of nitro groups is 1. The molecule has 35 heavy (non-hydrogen) atoms. The summed E-state index contributed by atoms with van der Waals surface area (Å²) < 4.78 is 44.3. The first-order valence-electron chi connectivity index (χ1n) is 10.3. The first kappa shape index (κ1) is 26.2. The van der Waals surface area contributed by atoms with Crippen LogP contribution in [0.5, 0.6) is 0 Å². The fourth-order valence-electron chi connectivity index (χ4n) is 3.20. The number of amides is 1. The molecule has 0 saturated carbocycles. The SMILES string of the molecule is C[C@](O)(COC(=O)N1CCN(/N=C/c2ccc(C(F)(F)F)cc2)CC1)Cn1cc([N+](=O)[O-])nc1Cl. The molecule has 1 N–H and O–H groups in total. The number of rotatable bonds is 7. The molecule has 1 fully saturated rings. The lowest BCUT2D eigenvalue weighted by atomic mass is 10.1. The van der Waals surface area contributed by atoms with Crippen molar-refractivity contribution in [3.05, 3.63) is 57.0 Å². The maximum Gasteiger partial charge on any atom is 0.416 e. The molecular formula is C20H22ClF3N6O5. The summed E-state index contributed by atoms with van der Waals surface area (Å²) in [4.78, 5) is 27.4. The molecule has 1 aliphatic rings.